The summed E-state index contributed by atoms with van der Waals surface area (Å²) >= 11 is 0. The first-order valence-electron chi connectivity index (χ1n) is 5.98. The number of nitrogens with zero attached hydrogens (tertiary/aromatic N) is 2. The number of carbonyl (C=O) groups is 1. The molecule has 96 valence electrons. The first-order chi connectivity index (χ1) is 8.21. The number of aromatic nitrogens is 2. The van der Waals surface area contributed by atoms with Gasteiger partial charge in [0.1, 0.15) is 0 Å². The fourth-order valence-electron chi connectivity index (χ4n) is 1.49. The molecule has 1 rings (SSSR count). The fraction of sp³-hybridized carbons (Fsp3) is 0.667. The molecule has 0 aliphatic carbocycles. The van der Waals surface area contributed by atoms with E-state index < -0.39 is 6.10 Å². The highest BCUT2D eigenvalue weighted by Gasteiger charge is 2.21. The molecular weight excluding hydrogens is 220 g/mol. The first-order valence-corrected chi connectivity index (χ1v) is 5.98. The van der Waals surface area contributed by atoms with Gasteiger partial charge in [0.15, 0.2) is 11.9 Å². The van der Waals surface area contributed by atoms with Crippen LogP contribution < -0.4 is 4.74 Å². The van der Waals surface area contributed by atoms with E-state index in [2.05, 4.69) is 12.0 Å². The molecule has 0 amide bonds. The Kier molecular flexibility index (Phi) is 5.52. The third-order valence-corrected chi connectivity index (χ3v) is 2.50. The molecule has 0 bridgehead atoms. The second-order valence-electron chi connectivity index (χ2n) is 3.80. The number of carbonyl (C=O) groups excluding carboxylic acids is 1. The first kappa shape index (κ1) is 13.5. The fourth-order valence-corrected chi connectivity index (χ4v) is 1.49. The lowest BCUT2D eigenvalue weighted by Crippen LogP contribution is -2.28. The van der Waals surface area contributed by atoms with Crippen LogP contribution in [0.4, 0.5) is 0 Å². The largest absolute Gasteiger partial charge is 0.475 e. The SMILES string of the molecule is CCCCC(Oc1cnn(CC)c1)C(=O)OC. The Bertz CT molecular complexity index is 349. The highest BCUT2D eigenvalue weighted by Crippen LogP contribution is 2.14. The molecule has 0 fully saturated rings. The molecule has 0 spiro atoms. The van der Waals surface area contributed by atoms with Crippen molar-refractivity contribution < 1.29 is 14.3 Å². The smallest absolute Gasteiger partial charge is 0.347 e. The molecule has 0 aliphatic heterocycles. The van der Waals surface area contributed by atoms with Crippen molar-refractivity contribution in [2.45, 2.75) is 45.8 Å². The lowest BCUT2D eigenvalue weighted by atomic mass is 10.1. The van der Waals surface area contributed by atoms with E-state index in [-0.39, 0.29) is 5.97 Å². The van der Waals surface area contributed by atoms with Gasteiger partial charge in [0.2, 0.25) is 0 Å². The second-order valence-corrected chi connectivity index (χ2v) is 3.80. The van der Waals surface area contributed by atoms with E-state index in [0.717, 1.165) is 19.4 Å². The number of methoxy groups -OCH3 is 1. The molecule has 1 atom stereocenters. The molecule has 1 aromatic heterocycles. The van der Waals surface area contributed by atoms with Crippen molar-refractivity contribution in [3.63, 3.8) is 0 Å². The van der Waals surface area contributed by atoms with Crippen LogP contribution >= 0.6 is 0 Å². The van der Waals surface area contributed by atoms with Gasteiger partial charge >= 0.3 is 5.97 Å². The summed E-state index contributed by atoms with van der Waals surface area (Å²) in [5, 5.41) is 4.09. The standard InChI is InChI=1S/C12H20N2O3/c1-4-6-7-11(12(15)16-3)17-10-8-13-14(5-2)9-10/h8-9,11H,4-7H2,1-3H3. The van der Waals surface area contributed by atoms with Crippen molar-refractivity contribution in [2.24, 2.45) is 0 Å². The maximum atomic E-state index is 11.5. The van der Waals surface area contributed by atoms with Gasteiger partial charge in [-0.15, -0.1) is 0 Å². The number of rotatable bonds is 7. The van der Waals surface area contributed by atoms with Crippen LogP contribution in [0.15, 0.2) is 12.4 Å². The van der Waals surface area contributed by atoms with E-state index in [1.807, 2.05) is 6.92 Å². The topological polar surface area (TPSA) is 53.4 Å². The van der Waals surface area contributed by atoms with Crippen LogP contribution in [-0.2, 0) is 16.1 Å². The van der Waals surface area contributed by atoms with Gasteiger partial charge in [-0.2, -0.15) is 5.10 Å². The molecule has 0 radical (unpaired) electrons. The number of hydrogen-bond acceptors (Lipinski definition) is 4. The van der Waals surface area contributed by atoms with E-state index in [9.17, 15) is 4.79 Å². The summed E-state index contributed by atoms with van der Waals surface area (Å²) in [6.45, 7) is 4.84. The van der Waals surface area contributed by atoms with Crippen molar-refractivity contribution >= 4 is 5.97 Å². The molecule has 0 aromatic carbocycles. The summed E-state index contributed by atoms with van der Waals surface area (Å²) in [6, 6.07) is 0. The normalized spacial score (nSPS) is 12.2. The molecule has 0 saturated carbocycles. The van der Waals surface area contributed by atoms with E-state index in [1.54, 1.807) is 17.1 Å². The van der Waals surface area contributed by atoms with Crippen molar-refractivity contribution in [1.29, 1.82) is 0 Å². The minimum Gasteiger partial charge on any atom is -0.475 e. The Morgan fingerprint density at radius 2 is 2.29 bits per heavy atom. The summed E-state index contributed by atoms with van der Waals surface area (Å²) in [4.78, 5) is 11.5. The lowest BCUT2D eigenvalue weighted by Gasteiger charge is -2.14. The molecule has 1 aromatic rings. The molecule has 5 heteroatoms. The van der Waals surface area contributed by atoms with Gasteiger partial charge in [-0.05, 0) is 19.8 Å². The van der Waals surface area contributed by atoms with E-state index in [0.29, 0.717) is 12.2 Å². The zero-order valence-corrected chi connectivity index (χ0v) is 10.7. The summed E-state index contributed by atoms with van der Waals surface area (Å²) in [6.07, 6.45) is 5.48. The number of unbranched alkanes of at least 4 members (excludes halogenated alkanes) is 1. The quantitative estimate of drug-likeness (QED) is 0.684. The van der Waals surface area contributed by atoms with Crippen molar-refractivity contribution in [2.75, 3.05) is 7.11 Å². The monoisotopic (exact) mass is 240 g/mol. The van der Waals surface area contributed by atoms with Crippen molar-refractivity contribution in [1.82, 2.24) is 9.78 Å². The highest BCUT2D eigenvalue weighted by molar-refractivity contribution is 5.74. The maximum absolute atomic E-state index is 11.5. The third kappa shape index (κ3) is 4.09. The molecule has 5 nitrogen and oxygen atoms in total. The number of ether oxygens (including phenoxy) is 2. The van der Waals surface area contributed by atoms with Crippen LogP contribution in [0.3, 0.4) is 0 Å². The predicted octanol–water partition coefficient (Wildman–Crippen LogP) is 2.01. The Morgan fingerprint density at radius 3 is 2.82 bits per heavy atom. The Balaban J connectivity index is 2.61. The van der Waals surface area contributed by atoms with Gasteiger partial charge < -0.3 is 9.47 Å². The van der Waals surface area contributed by atoms with Gasteiger partial charge in [0.25, 0.3) is 0 Å². The zero-order chi connectivity index (χ0) is 12.7. The van der Waals surface area contributed by atoms with Crippen LogP contribution in [-0.4, -0.2) is 29.0 Å². The van der Waals surface area contributed by atoms with Crippen LogP contribution in [0.5, 0.6) is 5.75 Å². The summed E-state index contributed by atoms with van der Waals surface area (Å²) in [5.41, 5.74) is 0. The van der Waals surface area contributed by atoms with Gasteiger partial charge in [0, 0.05) is 6.54 Å². The maximum Gasteiger partial charge on any atom is 0.347 e. The van der Waals surface area contributed by atoms with E-state index in [1.165, 1.54) is 7.11 Å². The molecule has 1 unspecified atom stereocenters. The zero-order valence-electron chi connectivity index (χ0n) is 10.7. The molecule has 1 heterocycles. The molecular formula is C12H20N2O3. The number of hydrogen-bond donors (Lipinski definition) is 0. The predicted molar refractivity (Wildman–Crippen MR) is 63.9 cm³/mol. The van der Waals surface area contributed by atoms with Crippen LogP contribution in [0.25, 0.3) is 0 Å². The van der Waals surface area contributed by atoms with E-state index >= 15 is 0 Å². The van der Waals surface area contributed by atoms with E-state index in [4.69, 9.17) is 9.47 Å². The summed E-state index contributed by atoms with van der Waals surface area (Å²) < 4.78 is 12.1. The summed E-state index contributed by atoms with van der Waals surface area (Å²) in [7, 11) is 1.38. The minimum absolute atomic E-state index is 0.331. The number of esters is 1. The van der Waals surface area contributed by atoms with Gasteiger partial charge in [-0.1, -0.05) is 13.3 Å². The molecule has 17 heavy (non-hydrogen) atoms. The molecule has 0 N–H and O–H groups in total. The molecule has 0 saturated heterocycles. The van der Waals surface area contributed by atoms with Crippen LogP contribution in [0, 0.1) is 0 Å². The Labute approximate surface area is 102 Å². The van der Waals surface area contributed by atoms with Gasteiger partial charge in [-0.25, -0.2) is 4.79 Å². The highest BCUT2D eigenvalue weighted by atomic mass is 16.6. The lowest BCUT2D eigenvalue weighted by molar-refractivity contribution is -0.149. The average Bonchev–Trinajstić information content (AvgIpc) is 2.81. The third-order valence-electron chi connectivity index (χ3n) is 2.50. The summed E-state index contributed by atoms with van der Waals surface area (Å²) in [5.74, 6) is 0.279. The Morgan fingerprint density at radius 1 is 1.53 bits per heavy atom. The van der Waals surface area contributed by atoms with Crippen LogP contribution in [0.2, 0.25) is 0 Å². The van der Waals surface area contributed by atoms with Crippen LogP contribution in [0.1, 0.15) is 33.1 Å². The Hall–Kier alpha value is -1.52. The van der Waals surface area contributed by atoms with Gasteiger partial charge in [-0.3, -0.25) is 4.68 Å². The van der Waals surface area contributed by atoms with Crippen molar-refractivity contribution in [3.05, 3.63) is 12.4 Å². The minimum atomic E-state index is -0.533. The van der Waals surface area contributed by atoms with Gasteiger partial charge in [0.05, 0.1) is 19.5 Å². The van der Waals surface area contributed by atoms with Crippen molar-refractivity contribution in [3.8, 4) is 5.75 Å². The second kappa shape index (κ2) is 6.93. The number of aryl methyl sites for hydroxylation is 1. The average molecular weight is 240 g/mol. The molecule has 0 aliphatic rings.